The Hall–Kier alpha value is -1.03. The molecule has 1 aromatic carbocycles. The van der Waals surface area contributed by atoms with Gasteiger partial charge in [0, 0.05) is 5.56 Å². The molecule has 0 bridgehead atoms. The molecule has 0 aliphatic carbocycles. The smallest absolute Gasteiger partial charge is 0.257 e. The summed E-state index contributed by atoms with van der Waals surface area (Å²) in [6, 6.07) is 3.73. The summed E-state index contributed by atoms with van der Waals surface area (Å²) in [5.74, 6) is -0.690. The zero-order valence-corrected chi connectivity index (χ0v) is 6.18. The van der Waals surface area contributed by atoms with Crippen molar-refractivity contribution in [2.75, 3.05) is 0 Å². The predicted octanol–water partition coefficient (Wildman–Crippen LogP) is 2.09. The maximum absolute atomic E-state index is 12.8. The summed E-state index contributed by atoms with van der Waals surface area (Å²) in [4.78, 5) is 0. The molecule has 66 valence electrons. The van der Waals surface area contributed by atoms with Gasteiger partial charge >= 0.3 is 0 Å². The zero-order valence-electron chi connectivity index (χ0n) is 6.18. The Morgan fingerprint density at radius 1 is 1.17 bits per heavy atom. The lowest BCUT2D eigenvalue weighted by Gasteiger charge is -2.10. The molecule has 0 saturated heterocycles. The fourth-order valence-corrected chi connectivity index (χ4v) is 0.881. The second kappa shape index (κ2) is 3.58. The summed E-state index contributed by atoms with van der Waals surface area (Å²) in [5, 5.41) is 0. The number of benzene rings is 1. The van der Waals surface area contributed by atoms with Crippen molar-refractivity contribution in [3.8, 4) is 0 Å². The van der Waals surface area contributed by atoms with Crippen molar-refractivity contribution in [3.63, 3.8) is 0 Å². The molecule has 0 aliphatic rings. The molecule has 0 fully saturated rings. The average molecular weight is 175 g/mol. The Morgan fingerprint density at radius 2 is 1.75 bits per heavy atom. The molecular weight excluding hydrogens is 167 g/mol. The Morgan fingerprint density at radius 3 is 2.25 bits per heavy atom. The van der Waals surface area contributed by atoms with Gasteiger partial charge in [-0.15, -0.1) is 0 Å². The van der Waals surface area contributed by atoms with Gasteiger partial charge in [0.15, 0.2) is 0 Å². The minimum atomic E-state index is -2.73. The molecule has 12 heavy (non-hydrogen) atoms. The van der Waals surface area contributed by atoms with Crippen molar-refractivity contribution in [3.05, 3.63) is 35.6 Å². The molecule has 0 spiro atoms. The van der Waals surface area contributed by atoms with Crippen LogP contribution >= 0.6 is 0 Å². The van der Waals surface area contributed by atoms with Crippen molar-refractivity contribution in [2.45, 2.75) is 12.5 Å². The SMILES string of the molecule is N[C@H](c1ccccc1F)C(F)F. The molecule has 0 heterocycles. The van der Waals surface area contributed by atoms with Crippen LogP contribution in [0.2, 0.25) is 0 Å². The van der Waals surface area contributed by atoms with Gasteiger partial charge in [-0.25, -0.2) is 13.2 Å². The highest BCUT2D eigenvalue weighted by Gasteiger charge is 2.19. The van der Waals surface area contributed by atoms with Gasteiger partial charge in [0.25, 0.3) is 6.43 Å². The van der Waals surface area contributed by atoms with E-state index in [1.165, 1.54) is 18.2 Å². The van der Waals surface area contributed by atoms with Crippen LogP contribution in [-0.4, -0.2) is 6.43 Å². The minimum Gasteiger partial charge on any atom is -0.319 e. The average Bonchev–Trinajstić information content (AvgIpc) is 2.04. The topological polar surface area (TPSA) is 26.0 Å². The van der Waals surface area contributed by atoms with Crippen LogP contribution in [0.15, 0.2) is 24.3 Å². The van der Waals surface area contributed by atoms with E-state index in [9.17, 15) is 13.2 Å². The lowest BCUT2D eigenvalue weighted by molar-refractivity contribution is 0.115. The molecule has 0 unspecified atom stereocenters. The summed E-state index contributed by atoms with van der Waals surface area (Å²) in [6.45, 7) is 0. The van der Waals surface area contributed by atoms with Crippen LogP contribution in [0.4, 0.5) is 13.2 Å². The summed E-state index contributed by atoms with van der Waals surface area (Å²) < 4.78 is 36.8. The predicted molar refractivity (Wildman–Crippen MR) is 39.3 cm³/mol. The number of rotatable bonds is 2. The van der Waals surface area contributed by atoms with Crippen LogP contribution in [0.5, 0.6) is 0 Å². The zero-order chi connectivity index (χ0) is 9.14. The lowest BCUT2D eigenvalue weighted by Crippen LogP contribution is -2.20. The third kappa shape index (κ3) is 1.76. The maximum atomic E-state index is 12.8. The van der Waals surface area contributed by atoms with Gasteiger partial charge < -0.3 is 5.73 Å². The van der Waals surface area contributed by atoms with E-state index in [1.54, 1.807) is 0 Å². The van der Waals surface area contributed by atoms with Crippen LogP contribution < -0.4 is 5.73 Å². The normalized spacial score (nSPS) is 13.4. The van der Waals surface area contributed by atoms with Crippen molar-refractivity contribution in [1.29, 1.82) is 0 Å². The van der Waals surface area contributed by atoms with Crippen molar-refractivity contribution in [1.82, 2.24) is 0 Å². The Bertz CT molecular complexity index is 262. The quantitative estimate of drug-likeness (QED) is 0.731. The van der Waals surface area contributed by atoms with Crippen molar-refractivity contribution < 1.29 is 13.2 Å². The summed E-state index contributed by atoms with van der Waals surface area (Å²) in [7, 11) is 0. The minimum absolute atomic E-state index is 0.146. The number of nitrogens with two attached hydrogens (primary N) is 1. The van der Waals surface area contributed by atoms with Crippen LogP contribution in [0.3, 0.4) is 0 Å². The first-order valence-corrected chi connectivity index (χ1v) is 3.41. The fourth-order valence-electron chi connectivity index (χ4n) is 0.881. The first-order chi connectivity index (χ1) is 5.63. The molecule has 0 amide bonds. The van der Waals surface area contributed by atoms with E-state index in [1.807, 2.05) is 0 Å². The number of hydrogen-bond donors (Lipinski definition) is 1. The van der Waals surface area contributed by atoms with Gasteiger partial charge in [-0.1, -0.05) is 18.2 Å². The van der Waals surface area contributed by atoms with E-state index in [-0.39, 0.29) is 5.56 Å². The molecule has 0 aliphatic heterocycles. The van der Waals surface area contributed by atoms with Crippen LogP contribution in [-0.2, 0) is 0 Å². The highest BCUT2D eigenvalue weighted by molar-refractivity contribution is 5.21. The van der Waals surface area contributed by atoms with Crippen LogP contribution in [0.25, 0.3) is 0 Å². The highest BCUT2D eigenvalue weighted by Crippen LogP contribution is 2.19. The van der Waals surface area contributed by atoms with E-state index in [2.05, 4.69) is 0 Å². The number of hydrogen-bond acceptors (Lipinski definition) is 1. The summed E-state index contributed by atoms with van der Waals surface area (Å²) in [6.07, 6.45) is -2.73. The first kappa shape index (κ1) is 9.06. The molecular formula is C8H8F3N. The maximum Gasteiger partial charge on any atom is 0.257 e. The molecule has 2 N–H and O–H groups in total. The third-order valence-electron chi connectivity index (χ3n) is 1.54. The standard InChI is InChI=1S/C8H8F3N/c9-6-4-2-1-3-5(6)7(12)8(10)11/h1-4,7-8H,12H2/t7-/m1/s1. The largest absolute Gasteiger partial charge is 0.319 e. The molecule has 0 aromatic heterocycles. The molecule has 1 nitrogen and oxygen atoms in total. The molecule has 1 aromatic rings. The van der Waals surface area contributed by atoms with E-state index in [0.29, 0.717) is 0 Å². The van der Waals surface area contributed by atoms with Crippen LogP contribution in [0.1, 0.15) is 11.6 Å². The Balaban J connectivity index is 2.94. The van der Waals surface area contributed by atoms with Gasteiger partial charge in [0.05, 0.1) is 6.04 Å². The van der Waals surface area contributed by atoms with E-state index < -0.39 is 18.3 Å². The van der Waals surface area contributed by atoms with Gasteiger partial charge in [-0.05, 0) is 6.07 Å². The number of alkyl halides is 2. The van der Waals surface area contributed by atoms with Crippen molar-refractivity contribution in [2.24, 2.45) is 5.73 Å². The van der Waals surface area contributed by atoms with E-state index in [0.717, 1.165) is 6.07 Å². The van der Waals surface area contributed by atoms with Crippen molar-refractivity contribution >= 4 is 0 Å². The Labute approximate surface area is 68.0 Å². The summed E-state index contributed by atoms with van der Waals surface area (Å²) in [5.41, 5.74) is 4.90. The molecule has 1 rings (SSSR count). The van der Waals surface area contributed by atoms with E-state index in [4.69, 9.17) is 5.73 Å². The molecule has 0 radical (unpaired) electrons. The molecule has 0 saturated carbocycles. The van der Waals surface area contributed by atoms with E-state index >= 15 is 0 Å². The van der Waals surface area contributed by atoms with Crippen LogP contribution in [0, 0.1) is 5.82 Å². The first-order valence-electron chi connectivity index (χ1n) is 3.41. The third-order valence-corrected chi connectivity index (χ3v) is 1.54. The monoisotopic (exact) mass is 175 g/mol. The van der Waals surface area contributed by atoms with Gasteiger partial charge in [0.2, 0.25) is 0 Å². The second-order valence-corrected chi connectivity index (χ2v) is 2.38. The lowest BCUT2D eigenvalue weighted by atomic mass is 10.1. The highest BCUT2D eigenvalue weighted by atomic mass is 19.3. The Kier molecular flexibility index (Phi) is 2.70. The molecule has 1 atom stereocenters. The van der Waals surface area contributed by atoms with Gasteiger partial charge in [0.1, 0.15) is 5.82 Å². The molecule has 4 heteroatoms. The fraction of sp³-hybridized carbons (Fsp3) is 0.250. The van der Waals surface area contributed by atoms with Gasteiger partial charge in [-0.3, -0.25) is 0 Å². The summed E-state index contributed by atoms with van der Waals surface area (Å²) >= 11 is 0. The second-order valence-electron chi connectivity index (χ2n) is 2.38. The number of halogens is 3. The van der Waals surface area contributed by atoms with Gasteiger partial charge in [-0.2, -0.15) is 0 Å².